The number of carbonyl (C=O) groups is 2. The van der Waals surface area contributed by atoms with Gasteiger partial charge in [0.05, 0.1) is 5.56 Å². The number of hydrogen-bond acceptors (Lipinski definition) is 4. The number of carboxylic acids is 1. The molecule has 0 aliphatic heterocycles. The summed E-state index contributed by atoms with van der Waals surface area (Å²) in [6.07, 6.45) is 1.32. The van der Waals surface area contributed by atoms with Crippen LogP contribution in [0.15, 0.2) is 46.4 Å². The predicted molar refractivity (Wildman–Crippen MR) is 79.1 cm³/mol. The number of nitrogens with zero attached hydrogens (tertiary/aromatic N) is 1. The van der Waals surface area contributed by atoms with Crippen molar-refractivity contribution in [3.05, 3.63) is 59.1 Å². The number of rotatable bonds is 4. The summed E-state index contributed by atoms with van der Waals surface area (Å²) < 4.78 is 5.28. The Labute approximate surface area is 126 Å². The number of anilines is 1. The Morgan fingerprint density at radius 2 is 2.09 bits per heavy atom. The first-order chi connectivity index (χ1) is 10.5. The molecule has 6 heteroatoms. The molecule has 2 N–H and O–H groups in total. The first-order valence-electron chi connectivity index (χ1n) is 6.32. The van der Waals surface area contributed by atoms with Crippen molar-refractivity contribution in [1.29, 1.82) is 5.26 Å². The van der Waals surface area contributed by atoms with Crippen LogP contribution in [-0.4, -0.2) is 17.0 Å². The average Bonchev–Trinajstić information content (AvgIpc) is 2.90. The zero-order valence-electron chi connectivity index (χ0n) is 11.7. The third kappa shape index (κ3) is 3.61. The van der Waals surface area contributed by atoms with Crippen molar-refractivity contribution in [2.45, 2.75) is 6.92 Å². The lowest BCUT2D eigenvalue weighted by Crippen LogP contribution is -2.13. The van der Waals surface area contributed by atoms with E-state index in [4.69, 9.17) is 14.8 Å². The molecule has 0 aliphatic rings. The van der Waals surface area contributed by atoms with Crippen molar-refractivity contribution in [2.75, 3.05) is 5.32 Å². The van der Waals surface area contributed by atoms with Crippen LogP contribution in [0.25, 0.3) is 6.08 Å². The number of benzene rings is 1. The van der Waals surface area contributed by atoms with Crippen LogP contribution in [-0.2, 0) is 4.79 Å². The van der Waals surface area contributed by atoms with Crippen LogP contribution in [0.3, 0.4) is 0 Å². The number of nitriles is 1. The molecule has 1 aromatic heterocycles. The van der Waals surface area contributed by atoms with Crippen LogP contribution in [0.4, 0.5) is 5.69 Å². The van der Waals surface area contributed by atoms with E-state index >= 15 is 0 Å². The minimum Gasteiger partial charge on any atom is -0.478 e. The van der Waals surface area contributed by atoms with Gasteiger partial charge in [-0.15, -0.1) is 0 Å². The second kappa shape index (κ2) is 6.41. The molecular formula is C16H12N2O4. The molecule has 0 unspecified atom stereocenters. The highest BCUT2D eigenvalue weighted by atomic mass is 16.4. The molecule has 110 valence electrons. The van der Waals surface area contributed by atoms with Crippen molar-refractivity contribution in [1.82, 2.24) is 0 Å². The van der Waals surface area contributed by atoms with E-state index in [-0.39, 0.29) is 11.1 Å². The van der Waals surface area contributed by atoms with Gasteiger partial charge >= 0.3 is 5.97 Å². The fourth-order valence-electron chi connectivity index (χ4n) is 1.75. The summed E-state index contributed by atoms with van der Waals surface area (Å²) in [6.45, 7) is 1.75. The van der Waals surface area contributed by atoms with E-state index in [0.717, 1.165) is 0 Å². The van der Waals surface area contributed by atoms with E-state index in [9.17, 15) is 9.59 Å². The molecule has 0 saturated carbocycles. The van der Waals surface area contributed by atoms with Crippen LogP contribution in [0, 0.1) is 18.3 Å². The Bertz CT molecular complexity index is 796. The molecule has 0 bridgehead atoms. The van der Waals surface area contributed by atoms with Crippen molar-refractivity contribution < 1.29 is 19.1 Å². The van der Waals surface area contributed by atoms with Crippen LogP contribution in [0.2, 0.25) is 0 Å². The van der Waals surface area contributed by atoms with Gasteiger partial charge in [0, 0.05) is 11.8 Å². The summed E-state index contributed by atoms with van der Waals surface area (Å²) in [4.78, 5) is 22.9. The van der Waals surface area contributed by atoms with Gasteiger partial charge < -0.3 is 14.8 Å². The maximum absolute atomic E-state index is 12.0. The Morgan fingerprint density at radius 1 is 1.32 bits per heavy atom. The van der Waals surface area contributed by atoms with Gasteiger partial charge in [-0.25, -0.2) is 4.79 Å². The lowest BCUT2D eigenvalue weighted by Gasteiger charge is -2.04. The molecule has 0 aliphatic carbocycles. The minimum atomic E-state index is -1.10. The maximum Gasteiger partial charge on any atom is 0.335 e. The van der Waals surface area contributed by atoms with Gasteiger partial charge in [0.1, 0.15) is 23.2 Å². The summed E-state index contributed by atoms with van der Waals surface area (Å²) in [5.74, 6) is -0.682. The van der Waals surface area contributed by atoms with Gasteiger partial charge in [-0.2, -0.15) is 5.26 Å². The lowest BCUT2D eigenvalue weighted by molar-refractivity contribution is -0.112. The number of furan rings is 1. The molecule has 0 radical (unpaired) electrons. The fraction of sp³-hybridized carbons (Fsp3) is 0.0625. The standard InChI is InChI=1S/C16H12N2O4/c1-10-5-6-14(22-10)8-12(9-17)15(19)18-13-4-2-3-11(7-13)16(20)21/h2-8H,1H3,(H,18,19)(H,20,21)/b12-8-. The molecule has 1 amide bonds. The summed E-state index contributed by atoms with van der Waals surface area (Å²) in [6, 6.07) is 10.9. The first-order valence-corrected chi connectivity index (χ1v) is 6.32. The summed E-state index contributed by atoms with van der Waals surface area (Å²) in [5.41, 5.74) is 0.193. The van der Waals surface area contributed by atoms with Gasteiger partial charge in [0.25, 0.3) is 5.91 Å². The lowest BCUT2D eigenvalue weighted by atomic mass is 10.2. The highest BCUT2D eigenvalue weighted by Gasteiger charge is 2.12. The molecule has 0 saturated heterocycles. The fourth-order valence-corrected chi connectivity index (χ4v) is 1.75. The van der Waals surface area contributed by atoms with Crippen LogP contribution in [0.5, 0.6) is 0 Å². The predicted octanol–water partition coefficient (Wildman–Crippen LogP) is 2.83. The molecule has 6 nitrogen and oxygen atoms in total. The highest BCUT2D eigenvalue weighted by molar-refractivity contribution is 6.09. The number of aryl methyl sites for hydroxylation is 1. The van der Waals surface area contributed by atoms with E-state index in [1.807, 2.05) is 0 Å². The van der Waals surface area contributed by atoms with Crippen molar-refractivity contribution in [3.8, 4) is 6.07 Å². The molecule has 2 aromatic rings. The van der Waals surface area contributed by atoms with Gasteiger partial charge in [0.15, 0.2) is 0 Å². The van der Waals surface area contributed by atoms with Gasteiger partial charge in [0.2, 0.25) is 0 Å². The number of aromatic carboxylic acids is 1. The number of nitrogens with one attached hydrogen (secondary N) is 1. The largest absolute Gasteiger partial charge is 0.478 e. The molecule has 0 spiro atoms. The van der Waals surface area contributed by atoms with E-state index in [2.05, 4.69) is 5.32 Å². The highest BCUT2D eigenvalue weighted by Crippen LogP contribution is 2.14. The minimum absolute atomic E-state index is 0.0435. The first kappa shape index (κ1) is 15.1. The molecular weight excluding hydrogens is 284 g/mol. The quantitative estimate of drug-likeness (QED) is 0.667. The van der Waals surface area contributed by atoms with Crippen LogP contribution in [0.1, 0.15) is 21.9 Å². The van der Waals surface area contributed by atoms with E-state index < -0.39 is 11.9 Å². The molecule has 1 aromatic carbocycles. The molecule has 1 heterocycles. The molecule has 2 rings (SSSR count). The van der Waals surface area contributed by atoms with E-state index in [0.29, 0.717) is 17.2 Å². The Balaban J connectivity index is 2.20. The smallest absolute Gasteiger partial charge is 0.335 e. The average molecular weight is 296 g/mol. The molecule has 22 heavy (non-hydrogen) atoms. The topological polar surface area (TPSA) is 103 Å². The van der Waals surface area contributed by atoms with Crippen LogP contribution < -0.4 is 5.32 Å². The Kier molecular flexibility index (Phi) is 4.39. The normalized spacial score (nSPS) is 10.8. The Morgan fingerprint density at radius 3 is 2.68 bits per heavy atom. The summed E-state index contributed by atoms with van der Waals surface area (Å²) in [7, 11) is 0. The number of carbonyl (C=O) groups excluding carboxylic acids is 1. The second-order valence-corrected chi connectivity index (χ2v) is 4.46. The zero-order valence-corrected chi connectivity index (χ0v) is 11.7. The summed E-state index contributed by atoms with van der Waals surface area (Å²) >= 11 is 0. The monoisotopic (exact) mass is 296 g/mol. The number of hydrogen-bond donors (Lipinski definition) is 2. The van der Waals surface area contributed by atoms with Gasteiger partial charge in [-0.05, 0) is 37.3 Å². The zero-order chi connectivity index (χ0) is 16.1. The third-order valence-corrected chi connectivity index (χ3v) is 2.78. The summed E-state index contributed by atoms with van der Waals surface area (Å²) in [5, 5.41) is 20.5. The van der Waals surface area contributed by atoms with Crippen molar-refractivity contribution in [3.63, 3.8) is 0 Å². The maximum atomic E-state index is 12.0. The molecule has 0 atom stereocenters. The third-order valence-electron chi connectivity index (χ3n) is 2.78. The number of amides is 1. The SMILES string of the molecule is Cc1ccc(/C=C(/C#N)C(=O)Nc2cccc(C(=O)O)c2)o1. The number of carboxylic acid groups (broad SMARTS) is 1. The Hall–Kier alpha value is -3.33. The van der Waals surface area contributed by atoms with Gasteiger partial charge in [-0.3, -0.25) is 4.79 Å². The van der Waals surface area contributed by atoms with Gasteiger partial charge in [-0.1, -0.05) is 6.07 Å². The van der Waals surface area contributed by atoms with Crippen molar-refractivity contribution >= 4 is 23.6 Å². The van der Waals surface area contributed by atoms with Crippen molar-refractivity contribution in [2.24, 2.45) is 0 Å². The second-order valence-electron chi connectivity index (χ2n) is 4.46. The van der Waals surface area contributed by atoms with E-state index in [1.165, 1.54) is 30.3 Å². The van der Waals surface area contributed by atoms with Crippen LogP contribution >= 0.6 is 0 Å². The van der Waals surface area contributed by atoms with E-state index in [1.54, 1.807) is 25.1 Å². The molecule has 0 fully saturated rings.